The van der Waals surface area contributed by atoms with Gasteiger partial charge in [-0.1, -0.05) is 17.7 Å². The Morgan fingerprint density at radius 3 is 2.52 bits per heavy atom. The molecule has 3 aromatic rings. The number of aromatic nitrogens is 3. The Morgan fingerprint density at radius 1 is 1.15 bits per heavy atom. The molecule has 0 spiro atoms. The van der Waals surface area contributed by atoms with Gasteiger partial charge in [0.2, 0.25) is 5.82 Å². The molecule has 3 rings (SSSR count). The van der Waals surface area contributed by atoms with Crippen LogP contribution in [0, 0.1) is 12.7 Å². The predicted molar refractivity (Wildman–Crippen MR) is 100 cm³/mol. The second-order valence-electron chi connectivity index (χ2n) is 6.12. The van der Waals surface area contributed by atoms with Gasteiger partial charge < -0.3 is 10.1 Å². The van der Waals surface area contributed by atoms with Crippen LogP contribution < -0.4 is 5.32 Å². The van der Waals surface area contributed by atoms with Crippen molar-refractivity contribution in [2.75, 3.05) is 20.3 Å². The minimum absolute atomic E-state index is 0.0623. The van der Waals surface area contributed by atoms with E-state index in [1.807, 2.05) is 31.2 Å². The van der Waals surface area contributed by atoms with Crippen LogP contribution in [0.25, 0.3) is 17.1 Å². The Hall–Kier alpha value is -3.06. The Bertz CT molecular complexity index is 842. The molecule has 0 saturated heterocycles. The lowest BCUT2D eigenvalue weighted by atomic mass is 10.2. The molecule has 0 bridgehead atoms. The number of nitrogens with zero attached hydrogens (tertiary/aromatic N) is 3. The second-order valence-corrected chi connectivity index (χ2v) is 6.12. The largest absolute Gasteiger partial charge is 0.385 e. The number of amides is 1. The number of carbonyl (C=O) groups excluding carboxylic acids is 1. The van der Waals surface area contributed by atoms with E-state index in [1.54, 1.807) is 23.9 Å². The fraction of sp³-hybridized carbons (Fsp3) is 0.250. The van der Waals surface area contributed by atoms with Crippen LogP contribution in [0.4, 0.5) is 4.39 Å². The highest BCUT2D eigenvalue weighted by Crippen LogP contribution is 2.22. The van der Waals surface area contributed by atoms with Crippen molar-refractivity contribution in [3.63, 3.8) is 0 Å². The minimum atomic E-state index is -0.361. The van der Waals surface area contributed by atoms with Crippen molar-refractivity contribution in [2.24, 2.45) is 0 Å². The van der Waals surface area contributed by atoms with Crippen molar-refractivity contribution in [1.29, 1.82) is 0 Å². The maximum atomic E-state index is 13.3. The van der Waals surface area contributed by atoms with Gasteiger partial charge in [-0.25, -0.2) is 14.1 Å². The quantitative estimate of drug-likeness (QED) is 0.651. The Labute approximate surface area is 157 Å². The van der Waals surface area contributed by atoms with E-state index in [0.29, 0.717) is 31.0 Å². The topological polar surface area (TPSA) is 69.0 Å². The average molecular weight is 368 g/mol. The Morgan fingerprint density at radius 2 is 1.85 bits per heavy atom. The summed E-state index contributed by atoms with van der Waals surface area (Å²) in [5, 5.41) is 7.15. The van der Waals surface area contributed by atoms with E-state index < -0.39 is 0 Å². The van der Waals surface area contributed by atoms with Crippen LogP contribution in [0.5, 0.6) is 0 Å². The molecule has 0 saturated carbocycles. The van der Waals surface area contributed by atoms with Crippen molar-refractivity contribution < 1.29 is 13.9 Å². The van der Waals surface area contributed by atoms with Crippen molar-refractivity contribution in [2.45, 2.75) is 13.3 Å². The number of carbonyl (C=O) groups is 1. The maximum Gasteiger partial charge on any atom is 0.290 e. The number of rotatable bonds is 7. The van der Waals surface area contributed by atoms with Crippen molar-refractivity contribution in [3.8, 4) is 17.1 Å². The lowest BCUT2D eigenvalue weighted by molar-refractivity contribution is 0.0938. The van der Waals surface area contributed by atoms with Crippen molar-refractivity contribution in [3.05, 3.63) is 65.7 Å². The normalized spacial score (nSPS) is 10.8. The van der Waals surface area contributed by atoms with Gasteiger partial charge in [0.05, 0.1) is 5.69 Å². The van der Waals surface area contributed by atoms with E-state index in [4.69, 9.17) is 4.74 Å². The van der Waals surface area contributed by atoms with Gasteiger partial charge in [-0.2, -0.15) is 0 Å². The fourth-order valence-corrected chi connectivity index (χ4v) is 2.56. The molecule has 7 heteroatoms. The molecule has 1 amide bonds. The first kappa shape index (κ1) is 18.7. The number of methoxy groups -OCH3 is 1. The average Bonchev–Trinajstić information content (AvgIpc) is 3.12. The summed E-state index contributed by atoms with van der Waals surface area (Å²) in [6.45, 7) is 3.02. The number of hydrogen-bond acceptors (Lipinski definition) is 4. The van der Waals surface area contributed by atoms with Crippen LogP contribution in [0.3, 0.4) is 0 Å². The highest BCUT2D eigenvalue weighted by molar-refractivity contribution is 5.91. The lowest BCUT2D eigenvalue weighted by Gasteiger charge is -2.06. The van der Waals surface area contributed by atoms with Crippen LogP contribution >= 0.6 is 0 Å². The first-order valence-electron chi connectivity index (χ1n) is 8.65. The summed E-state index contributed by atoms with van der Waals surface area (Å²) < 4.78 is 19.9. The van der Waals surface area contributed by atoms with Gasteiger partial charge in [-0.05, 0) is 49.7 Å². The molecule has 0 aliphatic heterocycles. The molecule has 0 aliphatic rings. The smallest absolute Gasteiger partial charge is 0.290 e. The number of ether oxygens (including phenoxy) is 1. The van der Waals surface area contributed by atoms with Crippen LogP contribution in [0.2, 0.25) is 0 Å². The zero-order chi connectivity index (χ0) is 19.2. The third-order valence-electron chi connectivity index (χ3n) is 4.00. The summed E-state index contributed by atoms with van der Waals surface area (Å²) in [7, 11) is 1.61. The first-order chi connectivity index (χ1) is 13.1. The van der Waals surface area contributed by atoms with Crippen LogP contribution in [-0.2, 0) is 4.74 Å². The molecular weight excluding hydrogens is 347 g/mol. The van der Waals surface area contributed by atoms with Gasteiger partial charge in [0, 0.05) is 25.8 Å². The third kappa shape index (κ3) is 4.57. The number of nitrogens with one attached hydrogen (secondary N) is 1. The standard InChI is InChI=1S/C20H21FN4O2/c1-14-4-10-17(11-5-14)25-19(15-6-8-16(21)9-7-15)23-18(24-25)20(26)22-12-3-13-27-2/h4-11H,3,12-13H2,1-2H3,(H,22,26). The third-order valence-corrected chi connectivity index (χ3v) is 4.00. The maximum absolute atomic E-state index is 13.3. The molecule has 6 nitrogen and oxygen atoms in total. The minimum Gasteiger partial charge on any atom is -0.385 e. The van der Waals surface area contributed by atoms with Crippen LogP contribution in [-0.4, -0.2) is 40.9 Å². The molecule has 27 heavy (non-hydrogen) atoms. The number of halogens is 1. The summed E-state index contributed by atoms with van der Waals surface area (Å²) in [5.41, 5.74) is 2.55. The lowest BCUT2D eigenvalue weighted by Crippen LogP contribution is -2.26. The SMILES string of the molecule is COCCCNC(=O)c1nc(-c2ccc(F)cc2)n(-c2ccc(C)cc2)n1. The van der Waals surface area contributed by atoms with E-state index in [-0.39, 0.29) is 17.5 Å². The van der Waals surface area contributed by atoms with E-state index >= 15 is 0 Å². The van der Waals surface area contributed by atoms with Crippen LogP contribution in [0.15, 0.2) is 48.5 Å². The van der Waals surface area contributed by atoms with Gasteiger partial charge in [-0.3, -0.25) is 4.79 Å². The second kappa shape index (κ2) is 8.55. The van der Waals surface area contributed by atoms with Gasteiger partial charge in [-0.15, -0.1) is 5.10 Å². The van der Waals surface area contributed by atoms with E-state index in [9.17, 15) is 9.18 Å². The van der Waals surface area contributed by atoms with Gasteiger partial charge in [0.25, 0.3) is 5.91 Å². The molecule has 0 radical (unpaired) electrons. The molecule has 0 fully saturated rings. The number of hydrogen-bond donors (Lipinski definition) is 1. The molecule has 0 atom stereocenters. The highest BCUT2D eigenvalue weighted by atomic mass is 19.1. The summed E-state index contributed by atoms with van der Waals surface area (Å²) in [5.74, 6) is -0.162. The first-order valence-corrected chi connectivity index (χ1v) is 8.65. The Kier molecular flexibility index (Phi) is 5.93. The molecule has 0 aliphatic carbocycles. The van der Waals surface area contributed by atoms with Gasteiger partial charge in [0.1, 0.15) is 5.82 Å². The summed E-state index contributed by atoms with van der Waals surface area (Å²) in [4.78, 5) is 16.8. The zero-order valence-electron chi connectivity index (χ0n) is 15.3. The summed E-state index contributed by atoms with van der Waals surface area (Å²) >= 11 is 0. The van der Waals surface area contributed by atoms with Gasteiger partial charge in [0.15, 0.2) is 5.82 Å². The van der Waals surface area contributed by atoms with E-state index in [0.717, 1.165) is 11.3 Å². The molecule has 1 N–H and O–H groups in total. The predicted octanol–water partition coefficient (Wildman–Crippen LogP) is 3.15. The van der Waals surface area contributed by atoms with Gasteiger partial charge >= 0.3 is 0 Å². The van der Waals surface area contributed by atoms with Crippen molar-refractivity contribution >= 4 is 5.91 Å². The highest BCUT2D eigenvalue weighted by Gasteiger charge is 2.18. The van der Waals surface area contributed by atoms with Crippen LogP contribution in [0.1, 0.15) is 22.6 Å². The molecule has 2 aromatic carbocycles. The molecule has 1 heterocycles. The molecule has 0 unspecified atom stereocenters. The summed E-state index contributed by atoms with van der Waals surface area (Å²) in [6, 6.07) is 13.6. The summed E-state index contributed by atoms with van der Waals surface area (Å²) in [6.07, 6.45) is 0.700. The number of benzene rings is 2. The van der Waals surface area contributed by atoms with E-state index in [1.165, 1.54) is 12.1 Å². The fourth-order valence-electron chi connectivity index (χ4n) is 2.56. The monoisotopic (exact) mass is 368 g/mol. The zero-order valence-corrected chi connectivity index (χ0v) is 15.3. The number of aryl methyl sites for hydroxylation is 1. The van der Waals surface area contributed by atoms with Crippen molar-refractivity contribution in [1.82, 2.24) is 20.1 Å². The van der Waals surface area contributed by atoms with E-state index in [2.05, 4.69) is 15.4 Å². The molecular formula is C20H21FN4O2. The molecule has 140 valence electrons. The molecule has 1 aromatic heterocycles. The Balaban J connectivity index is 1.94.